The van der Waals surface area contributed by atoms with E-state index in [1.165, 1.54) is 0 Å². The quantitative estimate of drug-likeness (QED) is 0.165. The van der Waals surface area contributed by atoms with Crippen LogP contribution in [0.2, 0.25) is 0 Å². The van der Waals surface area contributed by atoms with Crippen LogP contribution in [0.3, 0.4) is 0 Å². The Hall–Kier alpha value is -0.0600. The van der Waals surface area contributed by atoms with Crippen LogP contribution in [0.25, 0.3) is 0 Å². The number of nitrogens with zero attached hydrogens (tertiary/aromatic N) is 1. The zero-order valence-electron chi connectivity index (χ0n) is 6.83. The molecule has 0 amide bonds. The molecule has 0 saturated heterocycles. The molecular formula is H2NNaO11S2. The molecule has 0 aliphatic carbocycles. The Balaban J connectivity index is -0.000000249. The molecule has 0 radical (unpaired) electrons. The molecule has 0 spiro atoms. The maximum atomic E-state index is 9.51. The molecule has 2 N–H and O–H groups in total. The van der Waals surface area contributed by atoms with Gasteiger partial charge in [0.2, 0.25) is 0 Å². The van der Waals surface area contributed by atoms with Gasteiger partial charge in [-0.3, -0.25) is 9.11 Å². The van der Waals surface area contributed by atoms with Crippen molar-refractivity contribution in [1.29, 1.82) is 0 Å². The van der Waals surface area contributed by atoms with Gasteiger partial charge in [-0.2, -0.15) is 16.8 Å². The van der Waals surface area contributed by atoms with Crippen LogP contribution in [0, 0.1) is 15.3 Å². The van der Waals surface area contributed by atoms with Crippen molar-refractivity contribution < 1.29 is 69.3 Å². The van der Waals surface area contributed by atoms with Crippen LogP contribution in [0.15, 0.2) is 0 Å². The van der Waals surface area contributed by atoms with Crippen molar-refractivity contribution in [3.8, 4) is 0 Å². The summed E-state index contributed by atoms with van der Waals surface area (Å²) in [5.41, 5.74) is 0. The van der Waals surface area contributed by atoms with Gasteiger partial charge in [-0.15, -0.1) is 0 Å². The van der Waals surface area contributed by atoms with Crippen LogP contribution < -0.4 is 29.6 Å². The van der Waals surface area contributed by atoms with Gasteiger partial charge in [-0.1, -0.05) is 8.67 Å². The summed E-state index contributed by atoms with van der Waals surface area (Å²) >= 11 is 0. The van der Waals surface area contributed by atoms with Gasteiger partial charge >= 0.3 is 50.4 Å². The average Bonchev–Trinajstić information content (AvgIpc) is 1.79. The summed E-state index contributed by atoms with van der Waals surface area (Å²) in [6, 6.07) is 0. The molecule has 15 heteroatoms. The zero-order chi connectivity index (χ0) is 12.0. The van der Waals surface area contributed by atoms with Crippen molar-refractivity contribution in [2.75, 3.05) is 0 Å². The Morgan fingerprint density at radius 1 is 0.933 bits per heavy atom. The van der Waals surface area contributed by atoms with Gasteiger partial charge in [-0.25, -0.2) is 0 Å². The molecule has 0 aliphatic rings. The van der Waals surface area contributed by atoms with Crippen LogP contribution in [0.5, 0.6) is 0 Å². The molecule has 0 atom stereocenters. The van der Waals surface area contributed by atoms with E-state index in [4.69, 9.17) is 24.4 Å². The molecule has 0 unspecified atom stereocenters. The summed E-state index contributed by atoms with van der Waals surface area (Å²) in [6.45, 7) is 0. The normalized spacial score (nSPS) is 10.5. The van der Waals surface area contributed by atoms with E-state index < -0.39 is 25.9 Å². The van der Waals surface area contributed by atoms with Crippen LogP contribution >= 0.6 is 0 Å². The summed E-state index contributed by atoms with van der Waals surface area (Å²) in [4.78, 5) is 8.25. The topological polar surface area (TPSA) is 193 Å². The van der Waals surface area contributed by atoms with Gasteiger partial charge in [0.1, 0.15) is 0 Å². The number of hydrogen-bond acceptors (Lipinski definition) is 9. The molecule has 0 rings (SSSR count). The first-order valence-electron chi connectivity index (χ1n) is 2.08. The molecule has 15 heavy (non-hydrogen) atoms. The molecule has 0 aromatic carbocycles. The third kappa shape index (κ3) is 41.3. The van der Waals surface area contributed by atoms with Crippen molar-refractivity contribution in [3.63, 3.8) is 0 Å². The van der Waals surface area contributed by atoms with Gasteiger partial charge in [-0.05, 0) is 0 Å². The second kappa shape index (κ2) is 8.13. The van der Waals surface area contributed by atoms with Crippen molar-refractivity contribution in [1.82, 2.24) is 0 Å². The maximum absolute atomic E-state index is 9.51. The van der Waals surface area contributed by atoms with Crippen LogP contribution in [0.4, 0.5) is 0 Å². The van der Waals surface area contributed by atoms with E-state index in [1.807, 2.05) is 0 Å². The first-order chi connectivity index (χ1) is 5.94. The van der Waals surface area contributed by atoms with Crippen molar-refractivity contribution in [3.05, 3.63) is 15.3 Å². The molecule has 0 aromatic heterocycles. The SMILES string of the molecule is O=S(=O)(O)OOS(=O)(=O)O.O=[N+]([O-])[O-].[Na+]. The molecule has 0 saturated carbocycles. The zero-order valence-corrected chi connectivity index (χ0v) is 10.5. The van der Waals surface area contributed by atoms with E-state index in [2.05, 4.69) is 8.67 Å². The van der Waals surface area contributed by atoms with Crippen molar-refractivity contribution in [2.45, 2.75) is 0 Å². The molecule has 0 fully saturated rings. The molecule has 0 aromatic rings. The summed E-state index contributed by atoms with van der Waals surface area (Å²) in [5, 5.41) is 14.8. The summed E-state index contributed by atoms with van der Waals surface area (Å²) in [7, 11) is -10.0. The monoisotopic (exact) mass is 279 g/mol. The predicted molar refractivity (Wildman–Crippen MR) is 35.6 cm³/mol. The standard InChI is InChI=1S/NO3.Na.H2O8S2/c2-1(3)4;;1-9(2,3)7-8-10(4,5)6/h;;(H,1,2,3)(H,4,5,6)/q-1;+1;. The average molecular weight is 279 g/mol. The van der Waals surface area contributed by atoms with Crippen molar-refractivity contribution in [2.24, 2.45) is 0 Å². The van der Waals surface area contributed by atoms with Gasteiger partial charge in [0, 0.05) is 0 Å². The summed E-state index contributed by atoms with van der Waals surface area (Å²) in [6.07, 6.45) is 0. The third-order valence-electron chi connectivity index (χ3n) is 0.200. The minimum Gasteiger partial charge on any atom is -0.356 e. The summed E-state index contributed by atoms with van der Waals surface area (Å²) < 4.78 is 58.9. The van der Waals surface area contributed by atoms with E-state index in [0.717, 1.165) is 0 Å². The second-order valence-electron chi connectivity index (χ2n) is 1.22. The largest absolute Gasteiger partial charge is 1.00 e. The van der Waals surface area contributed by atoms with Crippen molar-refractivity contribution >= 4 is 20.8 Å². The summed E-state index contributed by atoms with van der Waals surface area (Å²) in [5.74, 6) is 0. The van der Waals surface area contributed by atoms with Gasteiger partial charge < -0.3 is 15.3 Å². The van der Waals surface area contributed by atoms with Gasteiger partial charge in [0.15, 0.2) is 0 Å². The van der Waals surface area contributed by atoms with E-state index in [1.54, 1.807) is 0 Å². The Morgan fingerprint density at radius 2 is 1.07 bits per heavy atom. The molecule has 0 heterocycles. The fourth-order valence-corrected chi connectivity index (χ4v) is 0.632. The second-order valence-corrected chi connectivity index (χ2v) is 3.20. The van der Waals surface area contributed by atoms with Crippen LogP contribution in [0.1, 0.15) is 0 Å². The smallest absolute Gasteiger partial charge is 0.356 e. The Bertz CT molecular complexity index is 325. The number of hydrogen-bond donors (Lipinski definition) is 2. The molecular weight excluding hydrogens is 277 g/mol. The van der Waals surface area contributed by atoms with E-state index in [0.29, 0.717) is 0 Å². The number of rotatable bonds is 3. The maximum Gasteiger partial charge on any atom is 1.00 e. The molecule has 0 aliphatic heterocycles. The predicted octanol–water partition coefficient (Wildman–Crippen LogP) is -4.69. The fraction of sp³-hybridized carbons (Fsp3) is 0. The van der Waals surface area contributed by atoms with Gasteiger partial charge in [0.25, 0.3) is 0 Å². The third-order valence-corrected chi connectivity index (χ3v) is 0.766. The first kappa shape index (κ1) is 20.4. The molecule has 86 valence electrons. The fourth-order valence-electron chi connectivity index (χ4n) is 0.0702. The molecule has 12 nitrogen and oxygen atoms in total. The van der Waals surface area contributed by atoms with E-state index in [-0.39, 0.29) is 29.6 Å². The Morgan fingerprint density at radius 3 is 1.13 bits per heavy atom. The van der Waals surface area contributed by atoms with Gasteiger partial charge in [0.05, 0.1) is 5.09 Å². The minimum absolute atomic E-state index is 0. The van der Waals surface area contributed by atoms with Crippen LogP contribution in [-0.4, -0.2) is 31.0 Å². The first-order valence-corrected chi connectivity index (χ1v) is 4.81. The minimum atomic E-state index is -5.02. The molecule has 0 bridgehead atoms. The Labute approximate surface area is 105 Å². The van der Waals surface area contributed by atoms with E-state index in [9.17, 15) is 16.8 Å². The van der Waals surface area contributed by atoms with Crippen LogP contribution in [-0.2, 0) is 29.5 Å². The van der Waals surface area contributed by atoms with E-state index >= 15 is 0 Å². The Kier molecular flexibility index (Phi) is 11.0.